The molecule has 5 N–H and O–H groups in total. The molecule has 0 saturated carbocycles. The SMILES string of the molecule is CC(C)(N)c1ccc(-c2ccc3[nH]ncc3c2N)cc1.Cl.Cl.Cl. The van der Waals surface area contributed by atoms with Crippen LogP contribution in [-0.4, -0.2) is 10.2 Å². The first-order chi connectivity index (χ1) is 9.47. The summed E-state index contributed by atoms with van der Waals surface area (Å²) in [6.45, 7) is 3.99. The highest BCUT2D eigenvalue weighted by Gasteiger charge is 2.14. The van der Waals surface area contributed by atoms with Crippen molar-refractivity contribution in [3.8, 4) is 11.1 Å². The van der Waals surface area contributed by atoms with Crippen LogP contribution in [0.4, 0.5) is 5.69 Å². The van der Waals surface area contributed by atoms with Crippen LogP contribution in [-0.2, 0) is 5.54 Å². The van der Waals surface area contributed by atoms with Gasteiger partial charge in [-0.05, 0) is 31.0 Å². The van der Waals surface area contributed by atoms with Crippen LogP contribution in [0.2, 0.25) is 0 Å². The topological polar surface area (TPSA) is 80.7 Å². The Morgan fingerprint density at radius 1 is 0.957 bits per heavy atom. The van der Waals surface area contributed by atoms with Crippen molar-refractivity contribution < 1.29 is 0 Å². The number of nitrogens with two attached hydrogens (primary N) is 2. The summed E-state index contributed by atoms with van der Waals surface area (Å²) in [6, 6.07) is 12.2. The van der Waals surface area contributed by atoms with Gasteiger partial charge in [0.15, 0.2) is 0 Å². The number of halogens is 3. The summed E-state index contributed by atoms with van der Waals surface area (Å²) in [5.41, 5.74) is 16.9. The third-order valence-corrected chi connectivity index (χ3v) is 3.61. The Bertz CT molecular complexity index is 761. The molecular weight excluding hydrogens is 355 g/mol. The molecular formula is C16H21Cl3N4. The van der Waals surface area contributed by atoms with Crippen molar-refractivity contribution in [3.63, 3.8) is 0 Å². The molecule has 0 atom stereocenters. The van der Waals surface area contributed by atoms with Crippen LogP contribution in [0.5, 0.6) is 0 Å². The van der Waals surface area contributed by atoms with Crippen LogP contribution in [0.3, 0.4) is 0 Å². The molecule has 2 aromatic carbocycles. The van der Waals surface area contributed by atoms with Gasteiger partial charge < -0.3 is 11.5 Å². The van der Waals surface area contributed by atoms with E-state index < -0.39 is 0 Å². The molecule has 3 aromatic rings. The molecule has 126 valence electrons. The lowest BCUT2D eigenvalue weighted by molar-refractivity contribution is 0.554. The molecule has 4 nitrogen and oxygen atoms in total. The summed E-state index contributed by atoms with van der Waals surface area (Å²) >= 11 is 0. The fourth-order valence-corrected chi connectivity index (χ4v) is 2.37. The lowest BCUT2D eigenvalue weighted by Crippen LogP contribution is -2.28. The second-order valence-electron chi connectivity index (χ2n) is 5.66. The lowest BCUT2D eigenvalue weighted by atomic mass is 9.93. The summed E-state index contributed by atoms with van der Waals surface area (Å²) < 4.78 is 0. The standard InChI is InChI=1S/C16H18N4.3ClH/c1-16(2,18)11-5-3-10(4-6-11)12-7-8-14-13(15(12)17)9-19-20-14;;;/h3-9H,17-18H2,1-2H3,(H,19,20);3*1H. The zero-order valence-corrected chi connectivity index (χ0v) is 15.3. The van der Waals surface area contributed by atoms with Crippen molar-refractivity contribution in [2.75, 3.05) is 5.73 Å². The number of nitrogens with one attached hydrogen (secondary N) is 1. The smallest absolute Gasteiger partial charge is 0.0671 e. The maximum Gasteiger partial charge on any atom is 0.0671 e. The Morgan fingerprint density at radius 2 is 1.57 bits per heavy atom. The minimum absolute atomic E-state index is 0. The summed E-state index contributed by atoms with van der Waals surface area (Å²) in [7, 11) is 0. The summed E-state index contributed by atoms with van der Waals surface area (Å²) in [4.78, 5) is 0. The number of rotatable bonds is 2. The number of aromatic nitrogens is 2. The number of nitrogens with zero attached hydrogens (tertiary/aromatic N) is 1. The first-order valence-electron chi connectivity index (χ1n) is 6.58. The van der Waals surface area contributed by atoms with E-state index in [1.54, 1.807) is 6.20 Å². The molecule has 0 radical (unpaired) electrons. The number of anilines is 1. The van der Waals surface area contributed by atoms with Gasteiger partial charge >= 0.3 is 0 Å². The van der Waals surface area contributed by atoms with Crippen molar-refractivity contribution in [1.82, 2.24) is 10.2 Å². The molecule has 0 bridgehead atoms. The van der Waals surface area contributed by atoms with Crippen molar-refractivity contribution >= 4 is 53.8 Å². The maximum absolute atomic E-state index is 6.23. The van der Waals surface area contributed by atoms with Crippen molar-refractivity contribution in [3.05, 3.63) is 48.2 Å². The number of hydrogen-bond acceptors (Lipinski definition) is 3. The van der Waals surface area contributed by atoms with Crippen molar-refractivity contribution in [2.45, 2.75) is 19.4 Å². The largest absolute Gasteiger partial charge is 0.398 e. The van der Waals surface area contributed by atoms with E-state index in [1.165, 1.54) is 0 Å². The van der Waals surface area contributed by atoms with Gasteiger partial charge in [-0.25, -0.2) is 0 Å². The summed E-state index contributed by atoms with van der Waals surface area (Å²) in [6.07, 6.45) is 1.76. The molecule has 1 aromatic heterocycles. The summed E-state index contributed by atoms with van der Waals surface area (Å²) in [5.74, 6) is 0. The van der Waals surface area contributed by atoms with Crippen molar-refractivity contribution in [1.29, 1.82) is 0 Å². The van der Waals surface area contributed by atoms with Crippen LogP contribution in [0.25, 0.3) is 22.0 Å². The van der Waals surface area contributed by atoms with Gasteiger partial charge in [-0.1, -0.05) is 30.3 Å². The fraction of sp³-hybridized carbons (Fsp3) is 0.188. The lowest BCUT2D eigenvalue weighted by Gasteiger charge is -2.19. The average molecular weight is 376 g/mol. The molecule has 0 unspecified atom stereocenters. The Hall–Kier alpha value is -1.46. The first-order valence-corrected chi connectivity index (χ1v) is 6.58. The maximum atomic E-state index is 6.23. The molecule has 0 saturated heterocycles. The molecule has 0 aliphatic carbocycles. The van der Waals surface area contributed by atoms with Gasteiger partial charge in [-0.3, -0.25) is 5.10 Å². The van der Waals surface area contributed by atoms with E-state index >= 15 is 0 Å². The van der Waals surface area contributed by atoms with Gasteiger partial charge in [0, 0.05) is 16.5 Å². The highest BCUT2D eigenvalue weighted by atomic mass is 35.5. The Labute approximate surface area is 154 Å². The Balaban J connectivity index is 0.00000161. The van der Waals surface area contributed by atoms with E-state index in [4.69, 9.17) is 11.5 Å². The number of H-pyrrole nitrogens is 1. The van der Waals surface area contributed by atoms with E-state index in [2.05, 4.69) is 22.3 Å². The summed E-state index contributed by atoms with van der Waals surface area (Å²) in [5, 5.41) is 7.89. The molecule has 0 aliphatic heterocycles. The molecule has 1 heterocycles. The predicted molar refractivity (Wildman–Crippen MR) is 105 cm³/mol. The molecule has 0 aliphatic rings. The zero-order chi connectivity index (χ0) is 14.3. The second-order valence-corrected chi connectivity index (χ2v) is 5.66. The number of hydrogen-bond donors (Lipinski definition) is 3. The van der Waals surface area contributed by atoms with Gasteiger partial charge in [0.1, 0.15) is 0 Å². The van der Waals surface area contributed by atoms with Crippen LogP contribution < -0.4 is 11.5 Å². The van der Waals surface area contributed by atoms with Crippen LogP contribution in [0.15, 0.2) is 42.6 Å². The van der Waals surface area contributed by atoms with E-state index in [1.807, 2.05) is 38.1 Å². The number of aromatic amines is 1. The number of nitrogen functional groups attached to an aromatic ring is 1. The highest BCUT2D eigenvalue weighted by Crippen LogP contribution is 2.32. The third-order valence-electron chi connectivity index (χ3n) is 3.61. The van der Waals surface area contributed by atoms with Crippen molar-refractivity contribution in [2.24, 2.45) is 5.73 Å². The third kappa shape index (κ3) is 4.09. The fourth-order valence-electron chi connectivity index (χ4n) is 2.37. The number of fused-ring (bicyclic) bond motifs is 1. The molecule has 0 amide bonds. The van der Waals surface area contributed by atoms with Gasteiger partial charge in [-0.15, -0.1) is 37.2 Å². The Kier molecular flexibility index (Phi) is 7.38. The van der Waals surface area contributed by atoms with E-state index in [0.29, 0.717) is 0 Å². The van der Waals surface area contributed by atoms with E-state index in [-0.39, 0.29) is 42.8 Å². The van der Waals surface area contributed by atoms with E-state index in [9.17, 15) is 0 Å². The average Bonchev–Trinajstić information content (AvgIpc) is 2.88. The monoisotopic (exact) mass is 374 g/mol. The highest BCUT2D eigenvalue weighted by molar-refractivity contribution is 5.98. The van der Waals surface area contributed by atoms with E-state index in [0.717, 1.165) is 33.3 Å². The molecule has 7 heteroatoms. The van der Waals surface area contributed by atoms with Crippen LogP contribution in [0, 0.1) is 0 Å². The molecule has 23 heavy (non-hydrogen) atoms. The Morgan fingerprint density at radius 3 is 2.13 bits per heavy atom. The first kappa shape index (κ1) is 21.5. The normalized spacial score (nSPS) is 10.4. The quantitative estimate of drug-likeness (QED) is 0.585. The minimum atomic E-state index is -0.335. The minimum Gasteiger partial charge on any atom is -0.398 e. The second kappa shape index (κ2) is 7.88. The van der Waals surface area contributed by atoms with Gasteiger partial charge in [0.05, 0.1) is 17.4 Å². The van der Waals surface area contributed by atoms with Gasteiger partial charge in [0.25, 0.3) is 0 Å². The van der Waals surface area contributed by atoms with Gasteiger partial charge in [0.2, 0.25) is 0 Å². The molecule has 0 fully saturated rings. The van der Waals surface area contributed by atoms with Crippen LogP contribution in [0.1, 0.15) is 19.4 Å². The number of benzene rings is 2. The van der Waals surface area contributed by atoms with Gasteiger partial charge in [-0.2, -0.15) is 5.10 Å². The predicted octanol–water partition coefficient (Wildman–Crippen LogP) is 4.27. The molecule has 3 rings (SSSR count). The van der Waals surface area contributed by atoms with Crippen LogP contribution >= 0.6 is 37.2 Å². The molecule has 0 spiro atoms. The zero-order valence-electron chi connectivity index (χ0n) is 12.9.